The number of amides is 5. The Morgan fingerprint density at radius 2 is 1.67 bits per heavy atom. The topological polar surface area (TPSA) is 126 Å². The second kappa shape index (κ2) is 10.2. The number of hydrogen-bond donors (Lipinski definition) is 3. The lowest BCUT2D eigenvalue weighted by Gasteiger charge is -2.22. The van der Waals surface area contributed by atoms with Gasteiger partial charge in [0, 0.05) is 17.3 Å². The first-order chi connectivity index (χ1) is 17.3. The minimum atomic E-state index is -1.30. The van der Waals surface area contributed by atoms with E-state index in [1.807, 2.05) is 0 Å². The van der Waals surface area contributed by atoms with Crippen LogP contribution in [0.1, 0.15) is 22.8 Å². The van der Waals surface area contributed by atoms with E-state index in [1.54, 1.807) is 61.5 Å². The third kappa shape index (κ3) is 5.12. The van der Waals surface area contributed by atoms with E-state index in [4.69, 9.17) is 9.47 Å². The summed E-state index contributed by atoms with van der Waals surface area (Å²) in [6.45, 7) is 1.33. The predicted molar refractivity (Wildman–Crippen MR) is 130 cm³/mol. The van der Waals surface area contributed by atoms with Crippen molar-refractivity contribution in [2.24, 2.45) is 0 Å². The first-order valence-electron chi connectivity index (χ1n) is 11.0. The quantitative estimate of drug-likeness (QED) is 0.419. The monoisotopic (exact) mass is 488 g/mol. The molecule has 0 aliphatic carbocycles. The summed E-state index contributed by atoms with van der Waals surface area (Å²) in [5.41, 5.74) is 2.40. The molecule has 1 heterocycles. The number of urea groups is 1. The number of anilines is 1. The molecule has 3 N–H and O–H groups in total. The van der Waals surface area contributed by atoms with Crippen molar-refractivity contribution in [1.29, 1.82) is 0 Å². The molecule has 0 spiro atoms. The second-order valence-electron chi connectivity index (χ2n) is 8.10. The van der Waals surface area contributed by atoms with Crippen molar-refractivity contribution in [3.05, 3.63) is 90.0 Å². The van der Waals surface area contributed by atoms with Crippen LogP contribution in [0.2, 0.25) is 0 Å². The number of benzene rings is 3. The summed E-state index contributed by atoms with van der Waals surface area (Å²) < 4.78 is 10.6. The Hall–Kier alpha value is -4.86. The van der Waals surface area contributed by atoms with Gasteiger partial charge in [-0.2, -0.15) is 5.01 Å². The summed E-state index contributed by atoms with van der Waals surface area (Å²) in [5.74, 6) is -0.656. The summed E-state index contributed by atoms with van der Waals surface area (Å²) in [4.78, 5) is 50.2. The Kier molecular flexibility index (Phi) is 6.86. The molecule has 1 aliphatic rings. The fourth-order valence-electron chi connectivity index (χ4n) is 3.62. The van der Waals surface area contributed by atoms with Gasteiger partial charge in [-0.3, -0.25) is 19.8 Å². The van der Waals surface area contributed by atoms with Gasteiger partial charge in [0.25, 0.3) is 17.7 Å². The Labute approximate surface area is 207 Å². The first-order valence-corrected chi connectivity index (χ1v) is 11.0. The number of hydrogen-bond acceptors (Lipinski definition) is 6. The molecule has 1 atom stereocenters. The van der Waals surface area contributed by atoms with Crippen LogP contribution >= 0.6 is 0 Å². The maximum Gasteiger partial charge on any atom is 0.344 e. The van der Waals surface area contributed by atoms with Crippen LogP contribution in [0.25, 0.3) is 0 Å². The number of hydrazine groups is 1. The lowest BCUT2D eigenvalue weighted by molar-refractivity contribution is -0.132. The van der Waals surface area contributed by atoms with Crippen LogP contribution in [0.15, 0.2) is 78.9 Å². The number of nitrogens with one attached hydrogen (secondary N) is 3. The molecule has 1 aliphatic heterocycles. The van der Waals surface area contributed by atoms with E-state index in [0.29, 0.717) is 27.8 Å². The van der Waals surface area contributed by atoms with Crippen molar-refractivity contribution >= 4 is 29.4 Å². The number of nitrogens with zero attached hydrogens (tertiary/aromatic N) is 1. The molecule has 4 rings (SSSR count). The number of carbonyl (C=O) groups excluding carboxylic acids is 4. The molecule has 10 heteroatoms. The van der Waals surface area contributed by atoms with Crippen molar-refractivity contribution in [1.82, 2.24) is 15.8 Å². The van der Waals surface area contributed by atoms with Gasteiger partial charge in [-0.15, -0.1) is 0 Å². The van der Waals surface area contributed by atoms with Gasteiger partial charge in [-0.05, 0) is 48.9 Å². The van der Waals surface area contributed by atoms with Crippen molar-refractivity contribution in [3.8, 4) is 11.5 Å². The molecule has 3 aromatic carbocycles. The van der Waals surface area contributed by atoms with Gasteiger partial charge in [-0.1, -0.05) is 36.4 Å². The summed E-state index contributed by atoms with van der Waals surface area (Å²) >= 11 is 0. The molecule has 184 valence electrons. The lowest BCUT2D eigenvalue weighted by atomic mass is 9.92. The van der Waals surface area contributed by atoms with Gasteiger partial charge in [0.15, 0.2) is 6.61 Å². The Bertz CT molecular complexity index is 1300. The van der Waals surface area contributed by atoms with Crippen LogP contribution < -0.4 is 25.5 Å². The second-order valence-corrected chi connectivity index (χ2v) is 8.10. The van der Waals surface area contributed by atoms with E-state index in [2.05, 4.69) is 16.1 Å². The Morgan fingerprint density at radius 3 is 2.36 bits per heavy atom. The normalized spacial score (nSPS) is 16.8. The summed E-state index contributed by atoms with van der Waals surface area (Å²) in [7, 11) is 1.54. The average Bonchev–Trinajstić information content (AvgIpc) is 3.12. The first kappa shape index (κ1) is 24.3. The number of ether oxygens (including phenoxy) is 2. The lowest BCUT2D eigenvalue weighted by Crippen LogP contribution is -2.47. The number of imide groups is 1. The van der Waals surface area contributed by atoms with Gasteiger partial charge in [0.2, 0.25) is 0 Å². The standard InChI is InChI=1S/C26H24N4O6/c1-26(18-7-4-3-5-8-18)24(33)30(25(34)28-26)29-23(32)17-11-13-20(14-12-17)36-16-22(31)27-19-9-6-10-21(15-19)35-2/h3-15H,16H2,1-2H3,(H,27,31)(H,28,34)(H,29,32)/t26-/m1/s1. The van der Waals surface area contributed by atoms with Crippen LogP contribution in [0, 0.1) is 0 Å². The van der Waals surface area contributed by atoms with E-state index in [1.165, 1.54) is 31.4 Å². The zero-order valence-electron chi connectivity index (χ0n) is 19.6. The van der Waals surface area contributed by atoms with Crippen molar-refractivity contribution in [3.63, 3.8) is 0 Å². The van der Waals surface area contributed by atoms with Crippen LogP contribution in [-0.2, 0) is 15.1 Å². The molecule has 10 nitrogen and oxygen atoms in total. The van der Waals surface area contributed by atoms with E-state index >= 15 is 0 Å². The molecule has 1 saturated heterocycles. The van der Waals surface area contributed by atoms with Gasteiger partial charge in [0.1, 0.15) is 17.0 Å². The molecular formula is C26H24N4O6. The highest BCUT2D eigenvalue weighted by atomic mass is 16.5. The molecule has 0 unspecified atom stereocenters. The van der Waals surface area contributed by atoms with E-state index in [9.17, 15) is 19.2 Å². The van der Waals surface area contributed by atoms with Crippen LogP contribution in [0.5, 0.6) is 11.5 Å². The molecule has 0 radical (unpaired) electrons. The highest BCUT2D eigenvalue weighted by molar-refractivity contribution is 6.09. The van der Waals surface area contributed by atoms with Crippen molar-refractivity contribution in [2.45, 2.75) is 12.5 Å². The smallest absolute Gasteiger partial charge is 0.344 e. The summed E-state index contributed by atoms with van der Waals surface area (Å²) in [5, 5.41) is 5.99. The van der Waals surface area contributed by atoms with Gasteiger partial charge in [-0.25, -0.2) is 4.79 Å². The number of rotatable bonds is 8. The van der Waals surface area contributed by atoms with Crippen LogP contribution in [0.4, 0.5) is 10.5 Å². The molecular weight excluding hydrogens is 464 g/mol. The molecule has 3 aromatic rings. The highest BCUT2D eigenvalue weighted by Gasteiger charge is 2.50. The molecule has 0 aromatic heterocycles. The molecule has 1 fully saturated rings. The average molecular weight is 489 g/mol. The van der Waals surface area contributed by atoms with E-state index < -0.39 is 23.4 Å². The third-order valence-electron chi connectivity index (χ3n) is 5.60. The fourth-order valence-corrected chi connectivity index (χ4v) is 3.62. The maximum absolute atomic E-state index is 12.9. The predicted octanol–water partition coefficient (Wildman–Crippen LogP) is 2.82. The minimum Gasteiger partial charge on any atom is -0.497 e. The molecule has 0 saturated carbocycles. The highest BCUT2D eigenvalue weighted by Crippen LogP contribution is 2.27. The van der Waals surface area contributed by atoms with Crippen molar-refractivity contribution in [2.75, 3.05) is 19.0 Å². The number of methoxy groups -OCH3 is 1. The largest absolute Gasteiger partial charge is 0.497 e. The Morgan fingerprint density at radius 1 is 0.944 bits per heavy atom. The van der Waals surface area contributed by atoms with Gasteiger partial charge in [0.05, 0.1) is 7.11 Å². The summed E-state index contributed by atoms with van der Waals surface area (Å²) in [6, 6.07) is 20.9. The van der Waals surface area contributed by atoms with E-state index in [0.717, 1.165) is 0 Å². The minimum absolute atomic E-state index is 0.192. The van der Waals surface area contributed by atoms with Crippen LogP contribution in [0.3, 0.4) is 0 Å². The molecule has 36 heavy (non-hydrogen) atoms. The van der Waals surface area contributed by atoms with Crippen LogP contribution in [-0.4, -0.2) is 42.5 Å². The number of carbonyl (C=O) groups is 4. The van der Waals surface area contributed by atoms with Gasteiger partial charge >= 0.3 is 6.03 Å². The third-order valence-corrected chi connectivity index (χ3v) is 5.60. The maximum atomic E-state index is 12.9. The fraction of sp³-hybridized carbons (Fsp3) is 0.154. The van der Waals surface area contributed by atoms with E-state index in [-0.39, 0.29) is 18.1 Å². The molecule has 5 amide bonds. The Balaban J connectivity index is 1.33. The zero-order valence-corrected chi connectivity index (χ0v) is 19.6. The SMILES string of the molecule is COc1cccc(NC(=O)COc2ccc(C(=O)NN3C(=O)N[C@](C)(c4ccccc4)C3=O)cc2)c1. The van der Waals surface area contributed by atoms with Gasteiger partial charge < -0.3 is 20.1 Å². The molecule has 0 bridgehead atoms. The summed E-state index contributed by atoms with van der Waals surface area (Å²) in [6.07, 6.45) is 0. The van der Waals surface area contributed by atoms with Crippen molar-refractivity contribution < 1.29 is 28.7 Å². The zero-order chi connectivity index (χ0) is 25.7.